The number of methoxy groups -OCH3 is 1. The van der Waals surface area contributed by atoms with Crippen molar-refractivity contribution in [1.82, 2.24) is 9.29 Å². The number of allylic oxidation sites excluding steroid dienone is 3. The lowest BCUT2D eigenvalue weighted by Gasteiger charge is -2.30. The Balaban J connectivity index is 1.99. The highest BCUT2D eigenvalue weighted by molar-refractivity contribution is 7.89. The third kappa shape index (κ3) is 5.54. The molecule has 0 unspecified atom stereocenters. The van der Waals surface area contributed by atoms with Crippen LogP contribution in [0.1, 0.15) is 44.4 Å². The Morgan fingerprint density at radius 1 is 1.30 bits per heavy atom. The third-order valence-corrected chi connectivity index (χ3v) is 8.16. The quantitative estimate of drug-likeness (QED) is 0.494. The topological polar surface area (TPSA) is 68.7 Å². The van der Waals surface area contributed by atoms with Crippen LogP contribution in [0.15, 0.2) is 53.6 Å². The number of hydrogen-bond acceptors (Lipinski definition) is 5. The molecule has 1 aromatic heterocycles. The summed E-state index contributed by atoms with van der Waals surface area (Å²) in [6, 6.07) is 7.04. The molecule has 6 nitrogen and oxygen atoms in total. The van der Waals surface area contributed by atoms with Crippen LogP contribution in [0.2, 0.25) is 0 Å². The van der Waals surface area contributed by atoms with Crippen molar-refractivity contribution in [2.45, 2.75) is 51.0 Å². The van der Waals surface area contributed by atoms with Gasteiger partial charge in [-0.15, -0.1) is 0 Å². The Kier molecular flexibility index (Phi) is 8.10. The zero-order chi connectivity index (χ0) is 24.2. The van der Waals surface area contributed by atoms with E-state index in [4.69, 9.17) is 9.47 Å². The zero-order valence-corrected chi connectivity index (χ0v) is 21.0. The molecule has 0 spiro atoms. The van der Waals surface area contributed by atoms with Crippen LogP contribution in [0.3, 0.4) is 0 Å². The van der Waals surface area contributed by atoms with E-state index in [2.05, 4.69) is 30.6 Å². The van der Waals surface area contributed by atoms with Gasteiger partial charge in [0.25, 0.3) is 0 Å². The van der Waals surface area contributed by atoms with Gasteiger partial charge in [-0.1, -0.05) is 25.2 Å². The molecule has 0 N–H and O–H groups in total. The van der Waals surface area contributed by atoms with E-state index in [1.807, 2.05) is 13.8 Å². The summed E-state index contributed by atoms with van der Waals surface area (Å²) in [6.45, 7) is 11.3. The summed E-state index contributed by atoms with van der Waals surface area (Å²) in [7, 11) is -0.460. The van der Waals surface area contributed by atoms with E-state index in [-0.39, 0.29) is 10.9 Å². The first-order valence-electron chi connectivity index (χ1n) is 11.3. The molecule has 0 amide bonds. The molecule has 0 bridgehead atoms. The average molecular weight is 471 g/mol. The van der Waals surface area contributed by atoms with E-state index in [0.717, 1.165) is 40.0 Å². The molecule has 1 aliphatic rings. The molecule has 1 saturated heterocycles. The van der Waals surface area contributed by atoms with Crippen molar-refractivity contribution in [3.05, 3.63) is 59.9 Å². The first-order chi connectivity index (χ1) is 15.7. The van der Waals surface area contributed by atoms with Crippen LogP contribution in [0.4, 0.5) is 0 Å². The largest absolute Gasteiger partial charge is 0.496 e. The molecule has 2 heterocycles. The molecule has 0 radical (unpaired) electrons. The number of rotatable bonds is 8. The first-order valence-corrected chi connectivity index (χ1v) is 12.7. The number of benzene rings is 1. The average Bonchev–Trinajstić information content (AvgIpc) is 2.83. The van der Waals surface area contributed by atoms with Gasteiger partial charge < -0.3 is 9.47 Å². The molecule has 7 heteroatoms. The van der Waals surface area contributed by atoms with E-state index >= 15 is 0 Å². The van der Waals surface area contributed by atoms with Gasteiger partial charge in [0.1, 0.15) is 5.75 Å². The van der Waals surface area contributed by atoms with E-state index in [1.54, 1.807) is 38.6 Å². The number of aryl methyl sites for hydroxylation is 1. The summed E-state index contributed by atoms with van der Waals surface area (Å²) >= 11 is 0. The highest BCUT2D eigenvalue weighted by Gasteiger charge is 2.30. The molecule has 33 heavy (non-hydrogen) atoms. The minimum atomic E-state index is -3.65. The number of nitrogens with zero attached hydrogens (tertiary/aromatic N) is 2. The van der Waals surface area contributed by atoms with Crippen molar-refractivity contribution in [1.29, 1.82) is 0 Å². The summed E-state index contributed by atoms with van der Waals surface area (Å²) < 4.78 is 39.0. The van der Waals surface area contributed by atoms with Crippen LogP contribution in [0.25, 0.3) is 16.7 Å². The minimum absolute atomic E-state index is 0.0640. The van der Waals surface area contributed by atoms with E-state index in [9.17, 15) is 8.42 Å². The van der Waals surface area contributed by atoms with Crippen LogP contribution in [-0.4, -0.2) is 51.1 Å². The molecule has 3 rings (SSSR count). The summed E-state index contributed by atoms with van der Waals surface area (Å²) in [5.74, 6) is 0.493. The molecule has 0 aliphatic carbocycles. The maximum atomic E-state index is 13.3. The number of aromatic nitrogens is 1. The van der Waals surface area contributed by atoms with Crippen LogP contribution in [0.5, 0.6) is 5.75 Å². The van der Waals surface area contributed by atoms with Gasteiger partial charge in [-0.05, 0) is 62.4 Å². The number of pyridine rings is 1. The molecule has 178 valence electrons. The normalized spacial score (nSPS) is 15.6. The van der Waals surface area contributed by atoms with Crippen molar-refractivity contribution in [2.24, 2.45) is 0 Å². The van der Waals surface area contributed by atoms with Crippen molar-refractivity contribution in [3.63, 3.8) is 0 Å². The van der Waals surface area contributed by atoms with E-state index in [1.165, 1.54) is 4.31 Å². The maximum Gasteiger partial charge on any atom is 0.243 e. The fourth-order valence-corrected chi connectivity index (χ4v) is 5.48. The highest BCUT2D eigenvalue weighted by Crippen LogP contribution is 2.35. The SMILES string of the molecule is C=C(/C=C(\C)c1cc(-c2ccc(S(=O)(=O)N(C)C3CCOCC3)cc2OC)cnc1C)CC. The van der Waals surface area contributed by atoms with Crippen LogP contribution in [0, 0.1) is 6.92 Å². The molecular weight excluding hydrogens is 436 g/mol. The highest BCUT2D eigenvalue weighted by atomic mass is 32.2. The van der Waals surface area contributed by atoms with Crippen LogP contribution in [-0.2, 0) is 14.8 Å². The Bertz CT molecular complexity index is 1150. The predicted molar refractivity (Wildman–Crippen MR) is 133 cm³/mol. The van der Waals surface area contributed by atoms with Gasteiger partial charge in [0.15, 0.2) is 0 Å². The number of ether oxygens (including phenoxy) is 2. The molecule has 0 saturated carbocycles. The van der Waals surface area contributed by atoms with Crippen LogP contribution < -0.4 is 4.74 Å². The number of sulfonamides is 1. The lowest BCUT2D eigenvalue weighted by atomic mass is 9.98. The van der Waals surface area contributed by atoms with Crippen molar-refractivity contribution < 1.29 is 17.9 Å². The lowest BCUT2D eigenvalue weighted by molar-refractivity contribution is 0.0632. The first kappa shape index (κ1) is 25.1. The van der Waals surface area contributed by atoms with Gasteiger partial charge in [-0.2, -0.15) is 4.31 Å². The second-order valence-corrected chi connectivity index (χ2v) is 10.4. The fraction of sp³-hybridized carbons (Fsp3) is 0.423. The fourth-order valence-electron chi connectivity index (χ4n) is 4.05. The monoisotopic (exact) mass is 470 g/mol. The lowest BCUT2D eigenvalue weighted by Crippen LogP contribution is -2.40. The smallest absolute Gasteiger partial charge is 0.243 e. The Morgan fingerprint density at radius 2 is 2.00 bits per heavy atom. The zero-order valence-electron chi connectivity index (χ0n) is 20.2. The summed E-state index contributed by atoms with van der Waals surface area (Å²) in [5, 5.41) is 0. The second-order valence-electron chi connectivity index (χ2n) is 8.42. The molecule has 1 aromatic carbocycles. The third-order valence-electron chi connectivity index (χ3n) is 6.25. The van der Waals surface area contributed by atoms with E-state index in [0.29, 0.717) is 31.8 Å². The second kappa shape index (κ2) is 10.6. The van der Waals surface area contributed by atoms with Gasteiger partial charge in [0.2, 0.25) is 10.0 Å². The van der Waals surface area contributed by atoms with E-state index < -0.39 is 10.0 Å². The van der Waals surface area contributed by atoms with Gasteiger partial charge in [-0.3, -0.25) is 4.98 Å². The van der Waals surface area contributed by atoms with Crippen molar-refractivity contribution in [3.8, 4) is 16.9 Å². The molecular formula is C26H34N2O4S. The summed E-state index contributed by atoms with van der Waals surface area (Å²) in [6.07, 6.45) is 6.14. The van der Waals surface area contributed by atoms with Crippen LogP contribution >= 0.6 is 0 Å². The summed E-state index contributed by atoms with van der Waals surface area (Å²) in [4.78, 5) is 4.80. The maximum absolute atomic E-state index is 13.3. The Hall–Kier alpha value is -2.48. The molecule has 0 atom stereocenters. The Labute approximate surface area is 198 Å². The molecule has 2 aromatic rings. The number of hydrogen-bond donors (Lipinski definition) is 0. The van der Waals surface area contributed by atoms with Gasteiger partial charge >= 0.3 is 0 Å². The van der Waals surface area contributed by atoms with Gasteiger partial charge in [0.05, 0.1) is 12.0 Å². The molecule has 1 fully saturated rings. The van der Waals surface area contributed by atoms with Gasteiger partial charge in [-0.25, -0.2) is 8.42 Å². The van der Waals surface area contributed by atoms with Crippen molar-refractivity contribution >= 4 is 15.6 Å². The van der Waals surface area contributed by atoms with Crippen molar-refractivity contribution in [2.75, 3.05) is 27.4 Å². The van der Waals surface area contributed by atoms with Gasteiger partial charge in [0, 0.05) is 55.4 Å². The minimum Gasteiger partial charge on any atom is -0.496 e. The molecule has 1 aliphatic heterocycles. The summed E-state index contributed by atoms with van der Waals surface area (Å²) in [5.41, 5.74) is 5.75. The standard InChI is InChI=1S/C26H34N2O4S/c1-7-18(2)14-19(3)25-15-21(17-27-20(25)4)24-9-8-23(16-26(24)31-6)33(29,30)28(5)22-10-12-32-13-11-22/h8-9,14-17,22H,2,7,10-13H2,1,3-6H3/b19-14+. The Morgan fingerprint density at radius 3 is 2.64 bits per heavy atom. The predicted octanol–water partition coefficient (Wildman–Crippen LogP) is 5.23.